The summed E-state index contributed by atoms with van der Waals surface area (Å²) in [5.41, 5.74) is -0.594. The lowest BCUT2D eigenvalue weighted by Gasteiger charge is -2.00. The maximum Gasteiger partial charge on any atom is 0.351 e. The molecule has 6 nitrogen and oxygen atoms in total. The van der Waals surface area contributed by atoms with Gasteiger partial charge in [-0.25, -0.2) is 14.4 Å². The first kappa shape index (κ1) is 12.6. The van der Waals surface area contributed by atoms with E-state index in [1.165, 1.54) is 24.3 Å². The first-order chi connectivity index (χ1) is 8.97. The Morgan fingerprint density at radius 3 is 2.53 bits per heavy atom. The SMILES string of the molecule is O=C(O)C=Cc1ccc2oc(=O)c(C(=O)O)cc2c1. The maximum atomic E-state index is 11.3. The van der Waals surface area contributed by atoms with E-state index in [1.54, 1.807) is 6.07 Å². The predicted molar refractivity (Wildman–Crippen MR) is 66.1 cm³/mol. The number of rotatable bonds is 3. The van der Waals surface area contributed by atoms with Crippen molar-refractivity contribution in [3.05, 3.63) is 51.9 Å². The molecule has 0 amide bonds. The lowest BCUT2D eigenvalue weighted by atomic mass is 10.1. The molecule has 0 bridgehead atoms. The lowest BCUT2D eigenvalue weighted by molar-refractivity contribution is -0.131. The molecular formula is C13H8O6. The molecule has 0 spiro atoms. The van der Waals surface area contributed by atoms with Crippen molar-refractivity contribution in [1.29, 1.82) is 0 Å². The largest absolute Gasteiger partial charge is 0.478 e. The van der Waals surface area contributed by atoms with E-state index in [-0.39, 0.29) is 5.58 Å². The second-order valence-electron chi connectivity index (χ2n) is 3.72. The van der Waals surface area contributed by atoms with Gasteiger partial charge in [0.25, 0.3) is 0 Å². The van der Waals surface area contributed by atoms with Gasteiger partial charge in [0, 0.05) is 11.5 Å². The number of aliphatic carboxylic acids is 1. The zero-order valence-corrected chi connectivity index (χ0v) is 9.49. The van der Waals surface area contributed by atoms with Gasteiger partial charge >= 0.3 is 17.6 Å². The highest BCUT2D eigenvalue weighted by Crippen LogP contribution is 2.16. The molecule has 0 unspecified atom stereocenters. The zero-order valence-electron chi connectivity index (χ0n) is 9.49. The molecule has 0 saturated carbocycles. The molecule has 2 aromatic rings. The molecule has 0 aliphatic rings. The Balaban J connectivity index is 2.58. The number of hydrogen-bond donors (Lipinski definition) is 2. The molecule has 0 aliphatic heterocycles. The third-order valence-corrected chi connectivity index (χ3v) is 2.41. The highest BCUT2D eigenvalue weighted by atomic mass is 16.4. The molecule has 1 aromatic carbocycles. The van der Waals surface area contributed by atoms with Crippen molar-refractivity contribution in [3.63, 3.8) is 0 Å². The van der Waals surface area contributed by atoms with Gasteiger partial charge in [-0.2, -0.15) is 0 Å². The van der Waals surface area contributed by atoms with E-state index in [0.717, 1.165) is 6.08 Å². The summed E-state index contributed by atoms with van der Waals surface area (Å²) in [5, 5.41) is 17.7. The van der Waals surface area contributed by atoms with Gasteiger partial charge in [-0.05, 0) is 29.8 Å². The van der Waals surface area contributed by atoms with E-state index in [1.807, 2.05) is 0 Å². The molecule has 0 fully saturated rings. The number of carboxylic acids is 2. The minimum Gasteiger partial charge on any atom is -0.478 e. The van der Waals surface area contributed by atoms with Gasteiger partial charge in [-0.1, -0.05) is 6.07 Å². The fourth-order valence-electron chi connectivity index (χ4n) is 1.56. The van der Waals surface area contributed by atoms with Crippen molar-refractivity contribution in [2.45, 2.75) is 0 Å². The standard InChI is InChI=1S/C13H8O6/c14-11(15)4-2-7-1-3-10-8(5-7)6-9(12(16)17)13(18)19-10/h1-6H,(H,14,15)(H,16,17). The molecule has 0 saturated heterocycles. The molecule has 0 atom stereocenters. The summed E-state index contributed by atoms with van der Waals surface area (Å²) in [6.07, 6.45) is 2.31. The van der Waals surface area contributed by atoms with Crippen LogP contribution in [0.1, 0.15) is 15.9 Å². The summed E-state index contributed by atoms with van der Waals surface area (Å²) in [5.74, 6) is -2.46. The van der Waals surface area contributed by atoms with Crippen molar-refractivity contribution in [2.24, 2.45) is 0 Å². The second kappa shape index (κ2) is 4.77. The quantitative estimate of drug-likeness (QED) is 0.641. The van der Waals surface area contributed by atoms with Crippen LogP contribution in [0.2, 0.25) is 0 Å². The first-order valence-corrected chi connectivity index (χ1v) is 5.19. The second-order valence-corrected chi connectivity index (χ2v) is 3.72. The predicted octanol–water partition coefficient (Wildman–Crippen LogP) is 1.59. The van der Waals surface area contributed by atoms with Crippen molar-refractivity contribution in [2.75, 3.05) is 0 Å². The molecule has 1 heterocycles. The van der Waals surface area contributed by atoms with Crippen LogP contribution in [0.25, 0.3) is 17.0 Å². The van der Waals surface area contributed by atoms with E-state index < -0.39 is 23.1 Å². The molecule has 2 N–H and O–H groups in total. The van der Waals surface area contributed by atoms with Crippen molar-refractivity contribution in [1.82, 2.24) is 0 Å². The molecule has 19 heavy (non-hydrogen) atoms. The number of benzene rings is 1. The number of fused-ring (bicyclic) bond motifs is 1. The van der Waals surface area contributed by atoms with Crippen molar-refractivity contribution >= 4 is 29.0 Å². The third kappa shape index (κ3) is 2.68. The topological polar surface area (TPSA) is 105 Å². The summed E-state index contributed by atoms with van der Waals surface area (Å²) in [7, 11) is 0. The van der Waals surface area contributed by atoms with Crippen LogP contribution < -0.4 is 5.63 Å². The minimum atomic E-state index is -1.37. The monoisotopic (exact) mass is 260 g/mol. The summed E-state index contributed by atoms with van der Waals surface area (Å²) in [6.45, 7) is 0. The van der Waals surface area contributed by atoms with E-state index in [2.05, 4.69) is 0 Å². The van der Waals surface area contributed by atoms with E-state index in [0.29, 0.717) is 10.9 Å². The molecule has 0 radical (unpaired) electrons. The highest BCUT2D eigenvalue weighted by molar-refractivity contribution is 5.92. The normalized spacial score (nSPS) is 10.9. The minimum absolute atomic E-state index is 0.238. The Hall–Kier alpha value is -2.89. The van der Waals surface area contributed by atoms with E-state index >= 15 is 0 Å². The molecule has 0 aliphatic carbocycles. The molecule has 1 aromatic heterocycles. The van der Waals surface area contributed by atoms with Gasteiger partial charge in [-0.3, -0.25) is 0 Å². The maximum absolute atomic E-state index is 11.3. The summed E-state index contributed by atoms with van der Waals surface area (Å²) >= 11 is 0. The van der Waals surface area contributed by atoms with Crippen molar-refractivity contribution in [3.8, 4) is 0 Å². The Morgan fingerprint density at radius 2 is 1.89 bits per heavy atom. The fourth-order valence-corrected chi connectivity index (χ4v) is 1.56. The third-order valence-electron chi connectivity index (χ3n) is 2.41. The van der Waals surface area contributed by atoms with Crippen LogP contribution in [-0.4, -0.2) is 22.2 Å². The van der Waals surface area contributed by atoms with Gasteiger partial charge in [-0.15, -0.1) is 0 Å². The van der Waals surface area contributed by atoms with Crippen LogP contribution in [0.3, 0.4) is 0 Å². The number of carbonyl (C=O) groups is 2. The Labute approximate surface area is 106 Å². The molecular weight excluding hydrogens is 252 g/mol. The average molecular weight is 260 g/mol. The molecule has 6 heteroatoms. The fraction of sp³-hybridized carbons (Fsp3) is 0. The van der Waals surface area contributed by atoms with Gasteiger partial charge in [0.2, 0.25) is 0 Å². The summed E-state index contributed by atoms with van der Waals surface area (Å²) < 4.78 is 4.86. The lowest BCUT2D eigenvalue weighted by Crippen LogP contribution is -2.12. The number of carboxylic acid groups (broad SMARTS) is 2. The van der Waals surface area contributed by atoms with E-state index in [4.69, 9.17) is 14.6 Å². The smallest absolute Gasteiger partial charge is 0.351 e. The average Bonchev–Trinajstić information content (AvgIpc) is 2.35. The Kier molecular flexibility index (Phi) is 3.15. The Morgan fingerprint density at radius 1 is 1.16 bits per heavy atom. The van der Waals surface area contributed by atoms with Gasteiger partial charge in [0.05, 0.1) is 0 Å². The van der Waals surface area contributed by atoms with Crippen LogP contribution in [0.4, 0.5) is 0 Å². The van der Waals surface area contributed by atoms with Crippen molar-refractivity contribution < 1.29 is 24.2 Å². The summed E-state index contributed by atoms with van der Waals surface area (Å²) in [4.78, 5) is 32.5. The first-order valence-electron chi connectivity index (χ1n) is 5.19. The van der Waals surface area contributed by atoms with Crippen LogP contribution >= 0.6 is 0 Å². The zero-order chi connectivity index (χ0) is 14.0. The van der Waals surface area contributed by atoms with E-state index in [9.17, 15) is 14.4 Å². The van der Waals surface area contributed by atoms with Gasteiger partial charge < -0.3 is 14.6 Å². The van der Waals surface area contributed by atoms with Crippen LogP contribution in [0.5, 0.6) is 0 Å². The van der Waals surface area contributed by atoms with Crippen LogP contribution in [0.15, 0.2) is 39.6 Å². The number of hydrogen-bond acceptors (Lipinski definition) is 4. The van der Waals surface area contributed by atoms with Crippen LogP contribution in [0, 0.1) is 0 Å². The van der Waals surface area contributed by atoms with Crippen LogP contribution in [-0.2, 0) is 4.79 Å². The van der Waals surface area contributed by atoms with Gasteiger partial charge in [0.15, 0.2) is 0 Å². The molecule has 2 rings (SSSR count). The molecule has 96 valence electrons. The number of aromatic carboxylic acids is 1. The highest BCUT2D eigenvalue weighted by Gasteiger charge is 2.11. The Bertz CT molecular complexity index is 753. The summed E-state index contributed by atoms with van der Waals surface area (Å²) in [6, 6.07) is 5.76. The van der Waals surface area contributed by atoms with Gasteiger partial charge in [0.1, 0.15) is 11.1 Å².